The van der Waals surface area contributed by atoms with E-state index >= 15 is 0 Å². The topological polar surface area (TPSA) is 66.5 Å². The third kappa shape index (κ3) is 2.47. The number of rotatable bonds is 2. The summed E-state index contributed by atoms with van der Waals surface area (Å²) in [6.45, 7) is 2.67. The van der Waals surface area contributed by atoms with Crippen LogP contribution in [0, 0.1) is 18.3 Å². The van der Waals surface area contributed by atoms with Gasteiger partial charge in [0.2, 0.25) is 0 Å². The Balaban J connectivity index is 1.78. The zero-order valence-electron chi connectivity index (χ0n) is 11.1. The fourth-order valence-electron chi connectivity index (χ4n) is 2.51. The predicted molar refractivity (Wildman–Crippen MR) is 76.7 cm³/mol. The molecule has 102 valence electrons. The molecule has 0 spiro atoms. The largest absolute Gasteiger partial charge is 0.379 e. The number of halogens is 1. The van der Waals surface area contributed by atoms with Gasteiger partial charge in [-0.05, 0) is 31.5 Å². The molecule has 1 unspecified atom stereocenters. The quantitative estimate of drug-likeness (QED) is 0.922. The van der Waals surface area contributed by atoms with E-state index in [0.29, 0.717) is 10.6 Å². The molecule has 1 N–H and O–H groups in total. The summed E-state index contributed by atoms with van der Waals surface area (Å²) < 4.78 is 1.94. The van der Waals surface area contributed by atoms with Crippen molar-refractivity contribution >= 4 is 17.3 Å². The molecule has 2 aromatic rings. The highest BCUT2D eigenvalue weighted by Gasteiger charge is 2.21. The summed E-state index contributed by atoms with van der Waals surface area (Å²) in [5.74, 6) is 1.85. The van der Waals surface area contributed by atoms with Crippen molar-refractivity contribution in [3.63, 3.8) is 0 Å². The summed E-state index contributed by atoms with van der Waals surface area (Å²) in [6, 6.07) is 7.73. The van der Waals surface area contributed by atoms with Crippen LogP contribution in [0.3, 0.4) is 0 Å². The Kier molecular flexibility index (Phi) is 3.33. The number of hydrogen-bond acceptors (Lipinski definition) is 4. The number of aromatic nitrogens is 3. The standard InChI is InChI=1S/C14H14ClN5/c1-9-17-14-5-3-12(8-20(14)19-9)18-13-4-2-11(15)6-10(13)7-16/h2,4,6,12,18H,3,5,8H2,1H3. The van der Waals surface area contributed by atoms with Crippen LogP contribution in [-0.4, -0.2) is 20.8 Å². The van der Waals surface area contributed by atoms with Gasteiger partial charge in [0.05, 0.1) is 17.8 Å². The van der Waals surface area contributed by atoms with Gasteiger partial charge in [0.15, 0.2) is 0 Å². The average molecular weight is 288 g/mol. The minimum atomic E-state index is 0.247. The number of nitrogens with zero attached hydrogens (tertiary/aromatic N) is 4. The zero-order chi connectivity index (χ0) is 14.1. The Morgan fingerprint density at radius 2 is 2.35 bits per heavy atom. The third-order valence-electron chi connectivity index (χ3n) is 3.43. The van der Waals surface area contributed by atoms with E-state index in [2.05, 4.69) is 21.5 Å². The molecule has 20 heavy (non-hydrogen) atoms. The molecule has 0 saturated heterocycles. The summed E-state index contributed by atoms with van der Waals surface area (Å²) in [5, 5.41) is 17.5. The molecule has 0 bridgehead atoms. The summed E-state index contributed by atoms with van der Waals surface area (Å²) in [7, 11) is 0. The molecule has 1 atom stereocenters. The molecule has 3 rings (SSSR count). The first-order valence-corrected chi connectivity index (χ1v) is 6.90. The molecule has 2 heterocycles. The molecule has 1 aliphatic heterocycles. The molecule has 1 aliphatic rings. The van der Waals surface area contributed by atoms with Crippen molar-refractivity contribution < 1.29 is 0 Å². The van der Waals surface area contributed by atoms with E-state index in [1.54, 1.807) is 12.1 Å². The summed E-state index contributed by atoms with van der Waals surface area (Å²) in [5.41, 5.74) is 1.39. The maximum Gasteiger partial charge on any atom is 0.147 e. The third-order valence-corrected chi connectivity index (χ3v) is 3.66. The van der Waals surface area contributed by atoms with Gasteiger partial charge in [0.1, 0.15) is 17.7 Å². The van der Waals surface area contributed by atoms with Crippen molar-refractivity contribution in [3.8, 4) is 6.07 Å². The van der Waals surface area contributed by atoms with Crippen LogP contribution in [0.1, 0.15) is 23.6 Å². The molecule has 6 heteroatoms. The van der Waals surface area contributed by atoms with Crippen LogP contribution in [0.2, 0.25) is 5.02 Å². The lowest BCUT2D eigenvalue weighted by Crippen LogP contribution is -2.32. The van der Waals surface area contributed by atoms with Gasteiger partial charge < -0.3 is 5.32 Å². The van der Waals surface area contributed by atoms with Crippen molar-refractivity contribution in [2.24, 2.45) is 0 Å². The SMILES string of the molecule is Cc1nc2n(n1)CC(Nc1ccc(Cl)cc1C#N)CC2. The normalized spacial score (nSPS) is 17.4. The van der Waals surface area contributed by atoms with Gasteiger partial charge in [-0.3, -0.25) is 0 Å². The van der Waals surface area contributed by atoms with Gasteiger partial charge in [-0.15, -0.1) is 0 Å². The Labute approximate surface area is 122 Å². The average Bonchev–Trinajstić information content (AvgIpc) is 2.80. The van der Waals surface area contributed by atoms with Crippen LogP contribution in [0.4, 0.5) is 5.69 Å². The number of anilines is 1. The lowest BCUT2D eigenvalue weighted by molar-refractivity contribution is 0.441. The Hall–Kier alpha value is -2.06. The number of nitrogens with one attached hydrogen (secondary N) is 1. The predicted octanol–water partition coefficient (Wildman–Crippen LogP) is 2.54. The van der Waals surface area contributed by atoms with Gasteiger partial charge in [-0.2, -0.15) is 10.4 Å². The molecular formula is C14H14ClN5. The number of aryl methyl sites for hydroxylation is 2. The highest BCUT2D eigenvalue weighted by Crippen LogP contribution is 2.23. The van der Waals surface area contributed by atoms with Crippen molar-refractivity contribution in [1.82, 2.24) is 14.8 Å². The number of nitriles is 1. The fourth-order valence-corrected chi connectivity index (χ4v) is 2.68. The first-order chi connectivity index (χ1) is 9.65. The van der Waals surface area contributed by atoms with Crippen LogP contribution in [0.25, 0.3) is 0 Å². The van der Waals surface area contributed by atoms with E-state index in [1.165, 1.54) is 0 Å². The molecule has 0 amide bonds. The van der Waals surface area contributed by atoms with Crippen LogP contribution in [0.5, 0.6) is 0 Å². The van der Waals surface area contributed by atoms with Crippen LogP contribution in [-0.2, 0) is 13.0 Å². The number of fused-ring (bicyclic) bond motifs is 1. The maximum absolute atomic E-state index is 9.16. The van der Waals surface area contributed by atoms with Crippen molar-refractivity contribution in [2.75, 3.05) is 5.32 Å². The minimum Gasteiger partial charge on any atom is -0.379 e. The Morgan fingerprint density at radius 1 is 1.50 bits per heavy atom. The van der Waals surface area contributed by atoms with E-state index in [4.69, 9.17) is 16.9 Å². The molecule has 0 fully saturated rings. The Morgan fingerprint density at radius 3 is 3.15 bits per heavy atom. The lowest BCUT2D eigenvalue weighted by atomic mass is 10.1. The second-order valence-corrected chi connectivity index (χ2v) is 5.38. The van der Waals surface area contributed by atoms with Gasteiger partial charge in [-0.1, -0.05) is 11.6 Å². The molecular weight excluding hydrogens is 274 g/mol. The number of hydrogen-bond donors (Lipinski definition) is 1. The molecule has 5 nitrogen and oxygen atoms in total. The lowest BCUT2D eigenvalue weighted by Gasteiger charge is -2.25. The van der Waals surface area contributed by atoms with E-state index in [0.717, 1.165) is 36.7 Å². The molecule has 0 saturated carbocycles. The van der Waals surface area contributed by atoms with Gasteiger partial charge >= 0.3 is 0 Å². The second kappa shape index (κ2) is 5.14. The summed E-state index contributed by atoms with van der Waals surface area (Å²) >= 11 is 5.91. The number of benzene rings is 1. The van der Waals surface area contributed by atoms with Gasteiger partial charge in [0.25, 0.3) is 0 Å². The monoisotopic (exact) mass is 287 g/mol. The molecule has 1 aromatic heterocycles. The van der Waals surface area contributed by atoms with Crippen LogP contribution in [0.15, 0.2) is 18.2 Å². The summed E-state index contributed by atoms with van der Waals surface area (Å²) in [4.78, 5) is 4.39. The Bertz CT molecular complexity index is 685. The fraction of sp³-hybridized carbons (Fsp3) is 0.357. The van der Waals surface area contributed by atoms with E-state index in [1.807, 2.05) is 17.7 Å². The summed E-state index contributed by atoms with van der Waals surface area (Å²) in [6.07, 6.45) is 1.87. The second-order valence-electron chi connectivity index (χ2n) is 4.94. The van der Waals surface area contributed by atoms with E-state index < -0.39 is 0 Å². The van der Waals surface area contributed by atoms with Gasteiger partial charge in [-0.25, -0.2) is 9.67 Å². The van der Waals surface area contributed by atoms with Crippen molar-refractivity contribution in [2.45, 2.75) is 32.4 Å². The first kappa shape index (κ1) is 12.9. The molecule has 1 aromatic carbocycles. The van der Waals surface area contributed by atoms with E-state index in [9.17, 15) is 0 Å². The minimum absolute atomic E-state index is 0.247. The highest BCUT2D eigenvalue weighted by molar-refractivity contribution is 6.30. The molecule has 0 radical (unpaired) electrons. The van der Waals surface area contributed by atoms with Crippen LogP contribution < -0.4 is 5.32 Å². The molecule has 0 aliphatic carbocycles. The van der Waals surface area contributed by atoms with E-state index in [-0.39, 0.29) is 6.04 Å². The smallest absolute Gasteiger partial charge is 0.147 e. The van der Waals surface area contributed by atoms with Crippen molar-refractivity contribution in [1.29, 1.82) is 5.26 Å². The van der Waals surface area contributed by atoms with Crippen LogP contribution >= 0.6 is 11.6 Å². The van der Waals surface area contributed by atoms with Crippen molar-refractivity contribution in [3.05, 3.63) is 40.4 Å². The first-order valence-electron chi connectivity index (χ1n) is 6.52. The van der Waals surface area contributed by atoms with Gasteiger partial charge in [0, 0.05) is 17.5 Å². The zero-order valence-corrected chi connectivity index (χ0v) is 11.9. The maximum atomic E-state index is 9.16. The highest BCUT2D eigenvalue weighted by atomic mass is 35.5.